The number of Topliss-reactive ketones (excluding diaryl/α,β-unsaturated/α-hetero) is 1. The molecule has 2 aromatic rings. The SMILES string of the molecule is COc1ccc2cc(C(C)=O)cc(N3CCNCC3)c2c1.Cl. The van der Waals surface area contributed by atoms with Gasteiger partial charge in [-0.3, -0.25) is 4.79 Å². The molecule has 1 N–H and O–H groups in total. The lowest BCUT2D eigenvalue weighted by atomic mass is 10.0. The van der Waals surface area contributed by atoms with Gasteiger partial charge in [0.2, 0.25) is 0 Å². The van der Waals surface area contributed by atoms with E-state index in [-0.39, 0.29) is 18.2 Å². The number of nitrogens with zero attached hydrogens (tertiary/aromatic N) is 1. The van der Waals surface area contributed by atoms with Gasteiger partial charge in [-0.2, -0.15) is 0 Å². The fraction of sp³-hybridized carbons (Fsp3) is 0.353. The minimum absolute atomic E-state index is 0. The maximum absolute atomic E-state index is 11.8. The van der Waals surface area contributed by atoms with Crippen molar-refractivity contribution in [3.63, 3.8) is 0 Å². The summed E-state index contributed by atoms with van der Waals surface area (Å²) in [5.74, 6) is 0.943. The molecule has 1 heterocycles. The standard InChI is InChI=1S/C17H20N2O2.ClH/c1-12(20)14-9-13-3-4-15(21-2)11-16(13)17(10-14)19-7-5-18-6-8-19;/h3-4,9-11,18H,5-8H2,1-2H3;1H. The summed E-state index contributed by atoms with van der Waals surface area (Å²) in [5, 5.41) is 5.58. The zero-order chi connectivity index (χ0) is 14.8. The highest BCUT2D eigenvalue weighted by atomic mass is 35.5. The molecule has 3 rings (SSSR count). The molecule has 0 radical (unpaired) electrons. The van der Waals surface area contributed by atoms with Gasteiger partial charge in [-0.25, -0.2) is 0 Å². The van der Waals surface area contributed by atoms with Gasteiger partial charge in [-0.1, -0.05) is 6.07 Å². The van der Waals surface area contributed by atoms with Crippen LogP contribution in [0.3, 0.4) is 0 Å². The summed E-state index contributed by atoms with van der Waals surface area (Å²) in [5.41, 5.74) is 1.89. The van der Waals surface area contributed by atoms with Crippen LogP contribution in [0.4, 0.5) is 5.69 Å². The van der Waals surface area contributed by atoms with Crippen LogP contribution in [0.1, 0.15) is 17.3 Å². The number of fused-ring (bicyclic) bond motifs is 1. The number of hydrogen-bond donors (Lipinski definition) is 1. The fourth-order valence-electron chi connectivity index (χ4n) is 2.81. The van der Waals surface area contributed by atoms with E-state index < -0.39 is 0 Å². The summed E-state index contributed by atoms with van der Waals surface area (Å²) in [6.07, 6.45) is 0. The average molecular weight is 321 g/mol. The molecule has 5 heteroatoms. The topological polar surface area (TPSA) is 41.6 Å². The number of ketones is 1. The Kier molecular flexibility index (Phi) is 5.27. The van der Waals surface area contributed by atoms with E-state index in [1.54, 1.807) is 14.0 Å². The summed E-state index contributed by atoms with van der Waals surface area (Å²) in [6.45, 7) is 5.46. The van der Waals surface area contributed by atoms with Crippen molar-refractivity contribution >= 4 is 34.7 Å². The Morgan fingerprint density at radius 1 is 1.18 bits per heavy atom. The first-order chi connectivity index (χ1) is 10.2. The molecule has 1 saturated heterocycles. The molecular weight excluding hydrogens is 300 g/mol. The molecule has 0 amide bonds. The quantitative estimate of drug-likeness (QED) is 0.883. The molecule has 22 heavy (non-hydrogen) atoms. The van der Waals surface area contributed by atoms with Gasteiger partial charge < -0.3 is 15.0 Å². The van der Waals surface area contributed by atoms with Gasteiger partial charge in [0.15, 0.2) is 5.78 Å². The van der Waals surface area contributed by atoms with Crippen LogP contribution in [-0.2, 0) is 0 Å². The normalized spacial score (nSPS) is 14.5. The number of piperazine rings is 1. The second-order valence-corrected chi connectivity index (χ2v) is 5.38. The van der Waals surface area contributed by atoms with E-state index in [9.17, 15) is 4.79 Å². The van der Waals surface area contributed by atoms with Crippen molar-refractivity contribution in [3.05, 3.63) is 35.9 Å². The molecule has 1 aliphatic heterocycles. The molecule has 1 fully saturated rings. The molecule has 0 bridgehead atoms. The maximum Gasteiger partial charge on any atom is 0.159 e. The molecule has 0 atom stereocenters. The summed E-state index contributed by atoms with van der Waals surface area (Å²) in [6, 6.07) is 9.98. The Bertz CT molecular complexity index is 682. The van der Waals surface area contributed by atoms with Gasteiger partial charge in [0, 0.05) is 42.8 Å². The molecule has 118 valence electrons. The lowest BCUT2D eigenvalue weighted by Crippen LogP contribution is -2.43. The number of halogens is 1. The molecular formula is C17H21ClN2O2. The largest absolute Gasteiger partial charge is 0.497 e. The summed E-state index contributed by atoms with van der Waals surface area (Å²) < 4.78 is 5.34. The van der Waals surface area contributed by atoms with E-state index in [1.165, 1.54) is 0 Å². The van der Waals surface area contributed by atoms with Gasteiger partial charge in [-0.05, 0) is 36.6 Å². The predicted octanol–water partition coefficient (Wildman–Crippen LogP) is 2.88. The number of ether oxygens (including phenoxy) is 1. The van der Waals surface area contributed by atoms with E-state index in [1.807, 2.05) is 24.3 Å². The third-order valence-electron chi connectivity index (χ3n) is 4.00. The minimum atomic E-state index is 0. The van der Waals surface area contributed by atoms with E-state index in [4.69, 9.17) is 4.74 Å². The lowest BCUT2D eigenvalue weighted by molar-refractivity contribution is 0.101. The van der Waals surface area contributed by atoms with E-state index in [0.717, 1.165) is 54.0 Å². The van der Waals surface area contributed by atoms with Gasteiger partial charge in [0.05, 0.1) is 7.11 Å². The van der Waals surface area contributed by atoms with Gasteiger partial charge in [0.25, 0.3) is 0 Å². The summed E-state index contributed by atoms with van der Waals surface area (Å²) in [7, 11) is 1.68. The number of carbonyl (C=O) groups is 1. The fourth-order valence-corrected chi connectivity index (χ4v) is 2.81. The molecule has 1 aliphatic rings. The van der Waals surface area contributed by atoms with Crippen LogP contribution in [0.15, 0.2) is 30.3 Å². The van der Waals surface area contributed by atoms with Crippen molar-refractivity contribution in [2.75, 3.05) is 38.2 Å². The third kappa shape index (κ3) is 3.18. The third-order valence-corrected chi connectivity index (χ3v) is 4.00. The van der Waals surface area contributed by atoms with Crippen LogP contribution in [0.25, 0.3) is 10.8 Å². The highest BCUT2D eigenvalue weighted by Crippen LogP contribution is 2.32. The molecule has 0 unspecified atom stereocenters. The average Bonchev–Trinajstić information content (AvgIpc) is 2.54. The van der Waals surface area contributed by atoms with E-state index >= 15 is 0 Å². The Labute approximate surface area is 136 Å². The van der Waals surface area contributed by atoms with Crippen LogP contribution >= 0.6 is 12.4 Å². The number of carbonyl (C=O) groups excluding carboxylic acids is 1. The molecule has 0 aliphatic carbocycles. The first-order valence-corrected chi connectivity index (χ1v) is 7.27. The number of rotatable bonds is 3. The molecule has 0 saturated carbocycles. The first kappa shape index (κ1) is 16.6. The van der Waals surface area contributed by atoms with Crippen molar-refractivity contribution in [1.82, 2.24) is 5.32 Å². The highest BCUT2D eigenvalue weighted by molar-refractivity contribution is 6.04. The second-order valence-electron chi connectivity index (χ2n) is 5.38. The number of nitrogens with one attached hydrogen (secondary N) is 1. The van der Waals surface area contributed by atoms with Gasteiger partial charge in [-0.15, -0.1) is 12.4 Å². The molecule has 0 spiro atoms. The van der Waals surface area contributed by atoms with Crippen molar-refractivity contribution in [2.45, 2.75) is 6.92 Å². The van der Waals surface area contributed by atoms with Crippen LogP contribution in [0, 0.1) is 0 Å². The Balaban J connectivity index is 0.00000176. The zero-order valence-corrected chi connectivity index (χ0v) is 13.7. The van der Waals surface area contributed by atoms with Crippen molar-refractivity contribution < 1.29 is 9.53 Å². The van der Waals surface area contributed by atoms with E-state index in [0.29, 0.717) is 0 Å². The predicted molar refractivity (Wildman–Crippen MR) is 92.8 cm³/mol. The van der Waals surface area contributed by atoms with Crippen LogP contribution < -0.4 is 15.0 Å². The molecule has 4 nitrogen and oxygen atoms in total. The van der Waals surface area contributed by atoms with Gasteiger partial charge >= 0.3 is 0 Å². The van der Waals surface area contributed by atoms with Crippen molar-refractivity contribution in [2.24, 2.45) is 0 Å². The Morgan fingerprint density at radius 2 is 1.91 bits per heavy atom. The number of anilines is 1. The second kappa shape index (κ2) is 6.99. The molecule has 2 aromatic carbocycles. The highest BCUT2D eigenvalue weighted by Gasteiger charge is 2.16. The zero-order valence-electron chi connectivity index (χ0n) is 12.9. The van der Waals surface area contributed by atoms with Crippen molar-refractivity contribution in [3.8, 4) is 5.75 Å². The molecule has 0 aromatic heterocycles. The number of benzene rings is 2. The summed E-state index contributed by atoms with van der Waals surface area (Å²) >= 11 is 0. The maximum atomic E-state index is 11.8. The van der Waals surface area contributed by atoms with Crippen LogP contribution in [0.5, 0.6) is 5.75 Å². The monoisotopic (exact) mass is 320 g/mol. The lowest BCUT2D eigenvalue weighted by Gasteiger charge is -2.31. The van der Waals surface area contributed by atoms with Crippen LogP contribution in [-0.4, -0.2) is 39.1 Å². The van der Waals surface area contributed by atoms with Crippen LogP contribution in [0.2, 0.25) is 0 Å². The van der Waals surface area contributed by atoms with Gasteiger partial charge in [0.1, 0.15) is 5.75 Å². The van der Waals surface area contributed by atoms with Crippen molar-refractivity contribution in [1.29, 1.82) is 0 Å². The van der Waals surface area contributed by atoms with E-state index in [2.05, 4.69) is 16.3 Å². The first-order valence-electron chi connectivity index (χ1n) is 7.27. The number of methoxy groups -OCH3 is 1. The Hall–Kier alpha value is -1.78. The number of hydrogen-bond acceptors (Lipinski definition) is 4. The minimum Gasteiger partial charge on any atom is -0.497 e. The summed E-state index contributed by atoms with van der Waals surface area (Å²) in [4.78, 5) is 14.1. The Morgan fingerprint density at radius 3 is 2.55 bits per heavy atom. The smallest absolute Gasteiger partial charge is 0.159 e.